The molecule has 0 aromatic carbocycles. The summed E-state index contributed by atoms with van der Waals surface area (Å²) in [6.45, 7) is 1.11. The molecule has 0 bridgehead atoms. The van der Waals surface area contributed by atoms with E-state index in [-0.39, 0.29) is 41.0 Å². The van der Waals surface area contributed by atoms with Crippen molar-refractivity contribution in [3.8, 4) is 11.1 Å². The average Bonchev–Trinajstić information content (AvgIpc) is 2.45. The minimum absolute atomic E-state index is 0. The first-order valence-corrected chi connectivity index (χ1v) is 7.92. The van der Waals surface area contributed by atoms with Crippen LogP contribution in [0.1, 0.15) is 19.3 Å². The van der Waals surface area contributed by atoms with Crippen LogP contribution in [0, 0.1) is 0 Å². The van der Waals surface area contributed by atoms with Crippen LogP contribution in [0.2, 0.25) is 0 Å². The van der Waals surface area contributed by atoms with E-state index in [1.165, 1.54) is 30.4 Å². The maximum Gasteiger partial charge on any atom is 0.169 e. The van der Waals surface area contributed by atoms with E-state index < -0.39 is 0 Å². The molecule has 0 aliphatic heterocycles. The van der Waals surface area contributed by atoms with E-state index in [0.29, 0.717) is 0 Å². The highest BCUT2D eigenvalue weighted by Gasteiger charge is 2.04. The predicted molar refractivity (Wildman–Crippen MR) is 80.9 cm³/mol. The van der Waals surface area contributed by atoms with Crippen molar-refractivity contribution >= 4 is 15.9 Å². The zero-order chi connectivity index (χ0) is 13.5. The Balaban J connectivity index is 0.00000200. The molecule has 0 atom stereocenters. The number of alkyl halides is 1. The van der Waals surface area contributed by atoms with Crippen molar-refractivity contribution in [2.75, 3.05) is 5.33 Å². The van der Waals surface area contributed by atoms with Crippen molar-refractivity contribution in [3.63, 3.8) is 0 Å². The molecule has 21 heavy (non-hydrogen) atoms. The molecule has 0 fully saturated rings. The SMILES string of the molecule is C[n+]1ccc(-c2cc[n+](CCCCCBr)cc2)cc1.[Br-].[I-]. The number of pyridine rings is 2. The molecule has 0 radical (unpaired) electrons. The van der Waals surface area contributed by atoms with Crippen LogP contribution in [0.4, 0.5) is 0 Å². The van der Waals surface area contributed by atoms with Gasteiger partial charge in [0.1, 0.15) is 13.6 Å². The molecule has 2 rings (SSSR count). The highest BCUT2D eigenvalue weighted by Crippen LogP contribution is 2.15. The second kappa shape index (κ2) is 11.5. The number of hydrogen-bond donors (Lipinski definition) is 0. The third kappa shape index (κ3) is 7.19. The number of unbranched alkanes of at least 4 members (excludes halogenated alkanes) is 2. The van der Waals surface area contributed by atoms with Crippen LogP contribution in [-0.4, -0.2) is 5.33 Å². The molecule has 5 heteroatoms. The third-order valence-corrected chi connectivity index (χ3v) is 3.81. The van der Waals surface area contributed by atoms with Gasteiger partial charge in [-0.1, -0.05) is 15.9 Å². The normalized spacial score (nSPS) is 9.62. The van der Waals surface area contributed by atoms with Crippen LogP contribution in [0.15, 0.2) is 49.1 Å². The van der Waals surface area contributed by atoms with Crippen molar-refractivity contribution in [2.24, 2.45) is 7.05 Å². The van der Waals surface area contributed by atoms with Crippen LogP contribution in [0.25, 0.3) is 11.1 Å². The van der Waals surface area contributed by atoms with Gasteiger partial charge in [-0.3, -0.25) is 0 Å². The molecule has 0 saturated heterocycles. The number of aromatic nitrogens is 2. The van der Waals surface area contributed by atoms with E-state index in [2.05, 4.69) is 74.1 Å². The quantitative estimate of drug-likeness (QED) is 0.164. The Hall–Kier alpha value is -0.0100. The van der Waals surface area contributed by atoms with Gasteiger partial charge in [-0.15, -0.1) is 0 Å². The third-order valence-electron chi connectivity index (χ3n) is 3.25. The molecule has 2 aromatic rings. The Morgan fingerprint density at radius 3 is 1.90 bits per heavy atom. The zero-order valence-corrected chi connectivity index (χ0v) is 17.5. The number of rotatable bonds is 6. The van der Waals surface area contributed by atoms with Gasteiger partial charge in [0, 0.05) is 36.0 Å². The van der Waals surface area contributed by atoms with Crippen molar-refractivity contribution < 1.29 is 50.1 Å². The van der Waals surface area contributed by atoms with Crippen molar-refractivity contribution in [3.05, 3.63) is 49.1 Å². The fourth-order valence-corrected chi connectivity index (χ4v) is 2.45. The van der Waals surface area contributed by atoms with Crippen LogP contribution < -0.4 is 50.1 Å². The predicted octanol–water partition coefficient (Wildman–Crippen LogP) is -2.96. The fourth-order valence-electron chi connectivity index (χ4n) is 2.06. The molecular weight excluding hydrogens is 507 g/mol. The van der Waals surface area contributed by atoms with Gasteiger partial charge in [0.05, 0.1) is 0 Å². The second-order valence-electron chi connectivity index (χ2n) is 4.83. The molecule has 2 nitrogen and oxygen atoms in total. The Morgan fingerprint density at radius 1 is 0.857 bits per heavy atom. The highest BCUT2D eigenvalue weighted by atomic mass is 127. The molecule has 116 valence electrons. The van der Waals surface area contributed by atoms with Gasteiger partial charge in [-0.25, -0.2) is 9.13 Å². The minimum atomic E-state index is 0. The minimum Gasteiger partial charge on any atom is -1.00 e. The van der Waals surface area contributed by atoms with E-state index in [0.717, 1.165) is 11.9 Å². The van der Waals surface area contributed by atoms with Crippen molar-refractivity contribution in [1.82, 2.24) is 0 Å². The number of hydrogen-bond acceptors (Lipinski definition) is 0. The summed E-state index contributed by atoms with van der Waals surface area (Å²) in [4.78, 5) is 0. The first-order valence-electron chi connectivity index (χ1n) is 6.80. The van der Waals surface area contributed by atoms with E-state index in [9.17, 15) is 0 Å². The first-order chi connectivity index (χ1) is 9.29. The van der Waals surface area contributed by atoms with E-state index >= 15 is 0 Å². The Labute approximate surface area is 163 Å². The molecule has 0 unspecified atom stereocenters. The van der Waals surface area contributed by atoms with E-state index in [1.54, 1.807) is 0 Å². The lowest BCUT2D eigenvalue weighted by molar-refractivity contribution is -0.697. The Bertz CT molecular complexity index is 501. The van der Waals surface area contributed by atoms with Crippen LogP contribution in [0.5, 0.6) is 0 Å². The number of halogens is 3. The van der Waals surface area contributed by atoms with Crippen molar-refractivity contribution in [1.29, 1.82) is 0 Å². The largest absolute Gasteiger partial charge is 1.00 e. The Morgan fingerprint density at radius 2 is 1.38 bits per heavy atom. The molecule has 0 aliphatic rings. The summed E-state index contributed by atoms with van der Waals surface area (Å²) in [5.41, 5.74) is 2.54. The first kappa shape index (κ1) is 21.0. The summed E-state index contributed by atoms with van der Waals surface area (Å²) in [7, 11) is 2.04. The summed E-state index contributed by atoms with van der Waals surface area (Å²) in [5.74, 6) is 0. The molecule has 0 N–H and O–H groups in total. The lowest BCUT2D eigenvalue weighted by Crippen LogP contribution is -3.00. The maximum absolute atomic E-state index is 3.47. The smallest absolute Gasteiger partial charge is 0.169 e. The summed E-state index contributed by atoms with van der Waals surface area (Å²) in [5, 5.41) is 1.11. The second-order valence-corrected chi connectivity index (χ2v) is 5.62. The fraction of sp³-hybridized carbons (Fsp3) is 0.375. The summed E-state index contributed by atoms with van der Waals surface area (Å²) in [6, 6.07) is 8.69. The Kier molecular flexibility index (Phi) is 11.5. The van der Waals surface area contributed by atoms with Crippen LogP contribution >= 0.6 is 15.9 Å². The van der Waals surface area contributed by atoms with E-state index in [4.69, 9.17) is 0 Å². The van der Waals surface area contributed by atoms with Gasteiger partial charge < -0.3 is 41.0 Å². The molecule has 0 saturated carbocycles. The van der Waals surface area contributed by atoms with Gasteiger partial charge in [0.25, 0.3) is 0 Å². The average molecular weight is 528 g/mol. The summed E-state index contributed by atoms with van der Waals surface area (Å²) in [6.07, 6.45) is 12.3. The lowest BCUT2D eigenvalue weighted by atomic mass is 10.1. The molecular formula is C16H21Br2IN2. The zero-order valence-electron chi connectivity index (χ0n) is 12.2. The highest BCUT2D eigenvalue weighted by molar-refractivity contribution is 9.09. The molecule has 2 heterocycles. The summed E-state index contributed by atoms with van der Waals surface area (Å²) < 4.78 is 4.32. The molecule has 0 amide bonds. The number of nitrogens with zero attached hydrogens (tertiary/aromatic N) is 2. The standard InChI is InChI=1S/C16H21BrN2.BrH.HI/c1-18-11-5-15(6-12-18)16-7-13-19(14-8-16)10-4-2-3-9-17;;/h5-8,11-14H,2-4,9-10H2,1H3;2*1H/q+2;;/p-2. The lowest BCUT2D eigenvalue weighted by Gasteiger charge is -2.00. The monoisotopic (exact) mass is 526 g/mol. The van der Waals surface area contributed by atoms with Crippen LogP contribution in [-0.2, 0) is 13.6 Å². The summed E-state index contributed by atoms with van der Waals surface area (Å²) >= 11 is 3.47. The van der Waals surface area contributed by atoms with E-state index in [1.807, 2.05) is 7.05 Å². The van der Waals surface area contributed by atoms with Gasteiger partial charge in [0.15, 0.2) is 24.8 Å². The molecule has 0 aliphatic carbocycles. The van der Waals surface area contributed by atoms with Crippen LogP contribution in [0.3, 0.4) is 0 Å². The topological polar surface area (TPSA) is 7.76 Å². The molecule has 2 aromatic heterocycles. The van der Waals surface area contributed by atoms with Gasteiger partial charge in [-0.05, 0) is 24.0 Å². The van der Waals surface area contributed by atoms with Gasteiger partial charge in [-0.2, -0.15) is 0 Å². The maximum atomic E-state index is 3.47. The molecule has 0 spiro atoms. The van der Waals surface area contributed by atoms with Crippen molar-refractivity contribution in [2.45, 2.75) is 25.8 Å². The van der Waals surface area contributed by atoms with Gasteiger partial charge in [0.2, 0.25) is 0 Å². The van der Waals surface area contributed by atoms with Gasteiger partial charge >= 0.3 is 0 Å². The number of aryl methyl sites for hydroxylation is 2.